The summed E-state index contributed by atoms with van der Waals surface area (Å²) in [5.41, 5.74) is 5.40. The lowest BCUT2D eigenvalue weighted by molar-refractivity contribution is 0.293. The second-order valence-corrected chi connectivity index (χ2v) is 4.52. The second-order valence-electron chi connectivity index (χ2n) is 3.53. The van der Waals surface area contributed by atoms with Gasteiger partial charge < -0.3 is 10.5 Å². The molecule has 0 amide bonds. The number of rotatable bonds is 6. The first-order chi connectivity index (χ1) is 7.63. The number of nitrogens with zero attached hydrogens (tertiary/aromatic N) is 2. The van der Waals surface area contributed by atoms with Crippen molar-refractivity contribution in [1.82, 2.24) is 9.78 Å². The molecule has 0 saturated carbocycles. The summed E-state index contributed by atoms with van der Waals surface area (Å²) in [6, 6.07) is 1.38. The van der Waals surface area contributed by atoms with Crippen LogP contribution in [0.15, 0.2) is 17.1 Å². The van der Waals surface area contributed by atoms with Crippen LogP contribution in [0.5, 0.6) is 5.75 Å². The highest BCUT2D eigenvalue weighted by atomic mass is 32.2. The van der Waals surface area contributed by atoms with Crippen LogP contribution in [0.4, 0.5) is 0 Å². The lowest BCUT2D eigenvalue weighted by Crippen LogP contribution is -2.26. The van der Waals surface area contributed by atoms with Crippen LogP contribution in [0.3, 0.4) is 0 Å². The van der Waals surface area contributed by atoms with Crippen molar-refractivity contribution in [3.8, 4) is 5.75 Å². The summed E-state index contributed by atoms with van der Waals surface area (Å²) in [4.78, 5) is 11.6. The molecule has 1 aromatic heterocycles. The molecule has 2 N–H and O–H groups in total. The minimum Gasteiger partial charge on any atom is -0.490 e. The van der Waals surface area contributed by atoms with Crippen LogP contribution < -0.4 is 16.0 Å². The van der Waals surface area contributed by atoms with E-state index in [9.17, 15) is 4.79 Å². The molecule has 1 unspecified atom stereocenters. The van der Waals surface area contributed by atoms with Crippen molar-refractivity contribution in [3.63, 3.8) is 0 Å². The standard InChI is InChI=1S/C10H17N3O2S/c1-8(11)7-15-9-5-10(14)13(12-6-9)3-4-16-2/h5-6,8H,3-4,7,11H2,1-2H3. The number of aryl methyl sites for hydroxylation is 1. The summed E-state index contributed by atoms with van der Waals surface area (Å²) < 4.78 is 6.73. The molecule has 0 aliphatic heterocycles. The molecule has 1 aromatic rings. The van der Waals surface area contributed by atoms with Crippen LogP contribution in [0.25, 0.3) is 0 Å². The van der Waals surface area contributed by atoms with Gasteiger partial charge in [0.25, 0.3) is 5.56 Å². The average molecular weight is 243 g/mol. The summed E-state index contributed by atoms with van der Waals surface area (Å²) in [6.45, 7) is 2.84. The maximum absolute atomic E-state index is 11.6. The first kappa shape index (κ1) is 13.1. The predicted octanol–water partition coefficient (Wildman–Crippen LogP) is 0.332. The van der Waals surface area contributed by atoms with Crippen molar-refractivity contribution < 1.29 is 4.74 Å². The molecule has 0 aromatic carbocycles. The zero-order chi connectivity index (χ0) is 12.0. The van der Waals surface area contributed by atoms with E-state index < -0.39 is 0 Å². The van der Waals surface area contributed by atoms with Gasteiger partial charge in [0.1, 0.15) is 12.4 Å². The topological polar surface area (TPSA) is 70.1 Å². The quantitative estimate of drug-likeness (QED) is 0.780. The Kier molecular flexibility index (Phi) is 5.34. The smallest absolute Gasteiger partial charge is 0.270 e. The normalized spacial score (nSPS) is 12.4. The third-order valence-electron chi connectivity index (χ3n) is 1.86. The Bertz CT molecular complexity index is 379. The highest BCUT2D eigenvalue weighted by molar-refractivity contribution is 7.98. The van der Waals surface area contributed by atoms with Crippen molar-refractivity contribution in [2.75, 3.05) is 18.6 Å². The molecule has 0 aliphatic carbocycles. The number of nitrogens with two attached hydrogens (primary N) is 1. The molecule has 0 aliphatic rings. The SMILES string of the molecule is CSCCn1ncc(OCC(C)N)cc1=O. The molecule has 90 valence electrons. The van der Waals surface area contributed by atoms with Gasteiger partial charge in [0.05, 0.1) is 12.7 Å². The van der Waals surface area contributed by atoms with Gasteiger partial charge in [0.15, 0.2) is 0 Å². The monoisotopic (exact) mass is 243 g/mol. The minimum atomic E-state index is -0.142. The van der Waals surface area contributed by atoms with Gasteiger partial charge in [0.2, 0.25) is 0 Å². The fourth-order valence-corrected chi connectivity index (χ4v) is 1.42. The Morgan fingerprint density at radius 3 is 3.00 bits per heavy atom. The number of hydrogen-bond donors (Lipinski definition) is 1. The lowest BCUT2D eigenvalue weighted by Gasteiger charge is -2.09. The first-order valence-corrected chi connectivity index (χ1v) is 6.47. The molecule has 5 nitrogen and oxygen atoms in total. The largest absolute Gasteiger partial charge is 0.490 e. The van der Waals surface area contributed by atoms with Crippen LogP contribution in [0.1, 0.15) is 6.92 Å². The molecular formula is C10H17N3O2S. The third-order valence-corrected chi connectivity index (χ3v) is 2.46. The van der Waals surface area contributed by atoms with E-state index in [1.165, 1.54) is 10.7 Å². The number of hydrogen-bond acceptors (Lipinski definition) is 5. The summed E-state index contributed by atoms with van der Waals surface area (Å²) in [7, 11) is 0. The van der Waals surface area contributed by atoms with E-state index in [2.05, 4.69) is 5.10 Å². The Morgan fingerprint density at radius 2 is 2.44 bits per heavy atom. The van der Waals surface area contributed by atoms with Gasteiger partial charge in [-0.1, -0.05) is 0 Å². The molecule has 0 saturated heterocycles. The van der Waals surface area contributed by atoms with E-state index in [4.69, 9.17) is 10.5 Å². The number of ether oxygens (including phenoxy) is 1. The van der Waals surface area contributed by atoms with Crippen molar-refractivity contribution in [2.45, 2.75) is 19.5 Å². The second kappa shape index (κ2) is 6.55. The Labute approximate surface area is 99.0 Å². The van der Waals surface area contributed by atoms with Gasteiger partial charge in [-0.05, 0) is 13.2 Å². The highest BCUT2D eigenvalue weighted by Crippen LogP contribution is 2.03. The van der Waals surface area contributed by atoms with Gasteiger partial charge in [-0.25, -0.2) is 4.68 Å². The summed E-state index contributed by atoms with van der Waals surface area (Å²) in [5, 5.41) is 4.02. The van der Waals surface area contributed by atoms with Crippen LogP contribution >= 0.6 is 11.8 Å². The van der Waals surface area contributed by atoms with E-state index in [-0.39, 0.29) is 11.6 Å². The minimum absolute atomic E-state index is 0.0566. The van der Waals surface area contributed by atoms with Crippen molar-refractivity contribution in [1.29, 1.82) is 0 Å². The Balaban J connectivity index is 2.63. The van der Waals surface area contributed by atoms with Crippen LogP contribution in [-0.2, 0) is 6.54 Å². The molecule has 0 bridgehead atoms. The molecule has 1 heterocycles. The molecule has 0 spiro atoms. The van der Waals surface area contributed by atoms with Gasteiger partial charge in [-0.2, -0.15) is 16.9 Å². The summed E-state index contributed by atoms with van der Waals surface area (Å²) in [6.07, 6.45) is 3.54. The van der Waals surface area contributed by atoms with Crippen LogP contribution in [-0.4, -0.2) is 34.4 Å². The molecule has 0 radical (unpaired) electrons. The van der Waals surface area contributed by atoms with Crippen LogP contribution in [0, 0.1) is 0 Å². The highest BCUT2D eigenvalue weighted by Gasteiger charge is 2.02. The fraction of sp³-hybridized carbons (Fsp3) is 0.600. The zero-order valence-electron chi connectivity index (χ0n) is 9.55. The van der Waals surface area contributed by atoms with E-state index in [1.54, 1.807) is 18.0 Å². The molecule has 1 atom stereocenters. The van der Waals surface area contributed by atoms with Gasteiger partial charge in [-0.3, -0.25) is 4.79 Å². The van der Waals surface area contributed by atoms with Crippen molar-refractivity contribution in [3.05, 3.63) is 22.6 Å². The molecule has 16 heavy (non-hydrogen) atoms. The van der Waals surface area contributed by atoms with Gasteiger partial charge >= 0.3 is 0 Å². The average Bonchev–Trinajstić information content (AvgIpc) is 2.25. The molecular weight excluding hydrogens is 226 g/mol. The summed E-state index contributed by atoms with van der Waals surface area (Å²) >= 11 is 1.68. The number of thioether (sulfide) groups is 1. The van der Waals surface area contributed by atoms with Gasteiger partial charge in [-0.15, -0.1) is 0 Å². The number of aromatic nitrogens is 2. The maximum Gasteiger partial charge on any atom is 0.270 e. The fourth-order valence-electron chi connectivity index (χ4n) is 1.07. The molecule has 6 heteroatoms. The molecule has 1 rings (SSSR count). The van der Waals surface area contributed by atoms with E-state index in [0.29, 0.717) is 18.9 Å². The molecule has 0 fully saturated rings. The van der Waals surface area contributed by atoms with E-state index in [0.717, 1.165) is 5.75 Å². The zero-order valence-corrected chi connectivity index (χ0v) is 10.4. The van der Waals surface area contributed by atoms with Gasteiger partial charge in [0, 0.05) is 17.9 Å². The lowest BCUT2D eigenvalue weighted by atomic mass is 10.4. The van der Waals surface area contributed by atoms with Crippen molar-refractivity contribution in [2.24, 2.45) is 5.73 Å². The first-order valence-electron chi connectivity index (χ1n) is 5.08. The third kappa shape index (κ3) is 4.24. The maximum atomic E-state index is 11.6. The Hall–Kier alpha value is -1.01. The van der Waals surface area contributed by atoms with E-state index >= 15 is 0 Å². The Morgan fingerprint density at radius 1 is 1.69 bits per heavy atom. The predicted molar refractivity (Wildman–Crippen MR) is 66.0 cm³/mol. The van der Waals surface area contributed by atoms with E-state index in [1.807, 2.05) is 13.2 Å². The summed E-state index contributed by atoms with van der Waals surface area (Å²) in [5.74, 6) is 1.34. The van der Waals surface area contributed by atoms with Crippen LogP contribution in [0.2, 0.25) is 0 Å². The van der Waals surface area contributed by atoms with Crippen molar-refractivity contribution >= 4 is 11.8 Å².